The number of nitrogens with zero attached hydrogens (tertiary/aromatic N) is 2. The molecular formula is C17H23N3O. The molecule has 1 atom stereocenters. The van der Waals surface area contributed by atoms with Gasteiger partial charge in [-0.15, -0.1) is 0 Å². The second kappa shape index (κ2) is 5.82. The fraction of sp³-hybridized carbons (Fsp3) is 0.412. The maximum atomic E-state index is 12.1. The van der Waals surface area contributed by atoms with Crippen molar-refractivity contribution in [3.05, 3.63) is 62.3 Å². The molecule has 0 saturated heterocycles. The van der Waals surface area contributed by atoms with Crippen molar-refractivity contribution in [2.24, 2.45) is 5.73 Å². The highest BCUT2D eigenvalue weighted by Crippen LogP contribution is 2.23. The molecule has 0 amide bonds. The normalized spacial score (nSPS) is 12.5. The van der Waals surface area contributed by atoms with E-state index in [9.17, 15) is 4.79 Å². The van der Waals surface area contributed by atoms with Crippen LogP contribution in [0.15, 0.2) is 23.0 Å². The van der Waals surface area contributed by atoms with Crippen LogP contribution in [0.5, 0.6) is 0 Å². The number of hydrogen-bond donors (Lipinski definition) is 1. The molecule has 2 N–H and O–H groups in total. The highest BCUT2D eigenvalue weighted by molar-refractivity contribution is 5.39. The minimum absolute atomic E-state index is 0.0436. The first-order valence-electron chi connectivity index (χ1n) is 7.18. The predicted octanol–water partition coefficient (Wildman–Crippen LogP) is 2.49. The summed E-state index contributed by atoms with van der Waals surface area (Å²) in [6.45, 7) is 10.3. The summed E-state index contributed by atoms with van der Waals surface area (Å²) in [4.78, 5) is 16.5. The zero-order valence-corrected chi connectivity index (χ0v) is 13.4. The van der Waals surface area contributed by atoms with E-state index < -0.39 is 0 Å². The Morgan fingerprint density at radius 3 is 2.19 bits per heavy atom. The topological polar surface area (TPSA) is 60.9 Å². The lowest BCUT2D eigenvalue weighted by Crippen LogP contribution is -2.30. The summed E-state index contributed by atoms with van der Waals surface area (Å²) >= 11 is 0. The van der Waals surface area contributed by atoms with Gasteiger partial charge in [0.15, 0.2) is 0 Å². The molecule has 1 heterocycles. The summed E-state index contributed by atoms with van der Waals surface area (Å²) in [5.41, 5.74) is 11.8. The van der Waals surface area contributed by atoms with Crippen LogP contribution in [0.4, 0.5) is 0 Å². The van der Waals surface area contributed by atoms with Gasteiger partial charge in [0.05, 0.1) is 0 Å². The van der Waals surface area contributed by atoms with Gasteiger partial charge >= 0.3 is 0 Å². The van der Waals surface area contributed by atoms with Crippen LogP contribution >= 0.6 is 0 Å². The lowest BCUT2D eigenvalue weighted by Gasteiger charge is -2.20. The Labute approximate surface area is 125 Å². The molecule has 1 aromatic heterocycles. The van der Waals surface area contributed by atoms with Crippen molar-refractivity contribution in [1.29, 1.82) is 0 Å². The summed E-state index contributed by atoms with van der Waals surface area (Å²) in [5, 5.41) is 0. The van der Waals surface area contributed by atoms with E-state index in [-0.39, 0.29) is 11.6 Å². The largest absolute Gasteiger partial charge is 0.322 e. The standard InChI is InChI=1S/C17H23N3O/c1-10-6-11(2)17(12(3)7-10)15(18)9-20-14(5)19-13(4)8-16(20)21/h6-8,15H,9,18H2,1-5H3. The van der Waals surface area contributed by atoms with Crippen LogP contribution in [0.3, 0.4) is 0 Å². The van der Waals surface area contributed by atoms with Crippen molar-refractivity contribution in [2.75, 3.05) is 0 Å². The maximum Gasteiger partial charge on any atom is 0.253 e. The lowest BCUT2D eigenvalue weighted by atomic mass is 9.94. The van der Waals surface area contributed by atoms with Gasteiger partial charge < -0.3 is 5.73 Å². The van der Waals surface area contributed by atoms with Crippen LogP contribution in [0.25, 0.3) is 0 Å². The second-order valence-corrected chi connectivity index (χ2v) is 5.81. The van der Waals surface area contributed by atoms with Crippen LogP contribution < -0.4 is 11.3 Å². The third-order valence-electron chi connectivity index (χ3n) is 3.82. The highest BCUT2D eigenvalue weighted by Gasteiger charge is 2.15. The van der Waals surface area contributed by atoms with Crippen LogP contribution in [-0.2, 0) is 6.54 Å². The molecule has 0 fully saturated rings. The third-order valence-corrected chi connectivity index (χ3v) is 3.82. The summed E-state index contributed by atoms with van der Waals surface area (Å²) in [6.07, 6.45) is 0. The van der Waals surface area contributed by atoms with Gasteiger partial charge in [-0.2, -0.15) is 0 Å². The van der Waals surface area contributed by atoms with Gasteiger partial charge in [-0.3, -0.25) is 9.36 Å². The molecule has 4 heteroatoms. The summed E-state index contributed by atoms with van der Waals surface area (Å²) in [7, 11) is 0. The first kappa shape index (κ1) is 15.4. The van der Waals surface area contributed by atoms with E-state index in [1.807, 2.05) is 13.8 Å². The van der Waals surface area contributed by atoms with Gasteiger partial charge in [-0.05, 0) is 51.3 Å². The van der Waals surface area contributed by atoms with Gasteiger partial charge in [0.2, 0.25) is 0 Å². The molecule has 0 aliphatic rings. The minimum Gasteiger partial charge on any atom is -0.322 e. The number of aromatic nitrogens is 2. The van der Waals surface area contributed by atoms with E-state index in [2.05, 4.69) is 37.9 Å². The van der Waals surface area contributed by atoms with Crippen LogP contribution in [0.2, 0.25) is 0 Å². The molecule has 2 aromatic rings. The van der Waals surface area contributed by atoms with Gasteiger partial charge in [-0.25, -0.2) is 4.98 Å². The van der Waals surface area contributed by atoms with Crippen molar-refractivity contribution in [3.63, 3.8) is 0 Å². The zero-order chi connectivity index (χ0) is 15.7. The van der Waals surface area contributed by atoms with E-state index >= 15 is 0 Å². The van der Waals surface area contributed by atoms with E-state index in [0.29, 0.717) is 12.4 Å². The summed E-state index contributed by atoms with van der Waals surface area (Å²) in [6, 6.07) is 5.59. The van der Waals surface area contributed by atoms with Crippen molar-refractivity contribution in [2.45, 2.75) is 47.2 Å². The van der Waals surface area contributed by atoms with E-state index in [4.69, 9.17) is 5.73 Å². The third kappa shape index (κ3) is 3.22. The Morgan fingerprint density at radius 2 is 1.67 bits per heavy atom. The van der Waals surface area contributed by atoms with Crippen molar-refractivity contribution in [1.82, 2.24) is 9.55 Å². The Hall–Kier alpha value is -1.94. The van der Waals surface area contributed by atoms with Gasteiger partial charge in [0, 0.05) is 24.3 Å². The number of aryl methyl sites for hydroxylation is 5. The number of nitrogens with two attached hydrogens (primary N) is 1. The SMILES string of the molecule is Cc1cc(C)c(C(N)Cn2c(C)nc(C)cc2=O)c(C)c1. The molecule has 1 aromatic carbocycles. The predicted molar refractivity (Wildman–Crippen MR) is 85.6 cm³/mol. The molecule has 2 rings (SSSR count). The number of hydrogen-bond acceptors (Lipinski definition) is 3. The van der Waals surface area contributed by atoms with Crippen molar-refractivity contribution >= 4 is 0 Å². The molecule has 0 saturated carbocycles. The molecule has 0 bridgehead atoms. The maximum absolute atomic E-state index is 12.1. The Kier molecular flexibility index (Phi) is 4.28. The van der Waals surface area contributed by atoms with Gasteiger partial charge in [0.25, 0.3) is 5.56 Å². The Balaban J connectivity index is 2.40. The quantitative estimate of drug-likeness (QED) is 0.942. The molecule has 4 nitrogen and oxygen atoms in total. The van der Waals surface area contributed by atoms with E-state index in [0.717, 1.165) is 11.3 Å². The fourth-order valence-electron chi connectivity index (χ4n) is 3.05. The van der Waals surface area contributed by atoms with Crippen LogP contribution in [0, 0.1) is 34.6 Å². The molecule has 1 unspecified atom stereocenters. The smallest absolute Gasteiger partial charge is 0.253 e. The highest BCUT2D eigenvalue weighted by atomic mass is 16.1. The molecule has 21 heavy (non-hydrogen) atoms. The fourth-order valence-corrected chi connectivity index (χ4v) is 3.05. The van der Waals surface area contributed by atoms with Gasteiger partial charge in [-0.1, -0.05) is 17.7 Å². The van der Waals surface area contributed by atoms with Crippen LogP contribution in [-0.4, -0.2) is 9.55 Å². The molecule has 0 radical (unpaired) electrons. The minimum atomic E-state index is -0.216. The zero-order valence-electron chi connectivity index (χ0n) is 13.4. The Morgan fingerprint density at radius 1 is 1.10 bits per heavy atom. The summed E-state index contributed by atoms with van der Waals surface area (Å²) in [5.74, 6) is 0.706. The molecule has 0 aliphatic heterocycles. The van der Waals surface area contributed by atoms with Crippen molar-refractivity contribution < 1.29 is 0 Å². The average Bonchev–Trinajstić information content (AvgIpc) is 2.32. The monoisotopic (exact) mass is 285 g/mol. The number of benzene rings is 1. The van der Waals surface area contributed by atoms with Crippen molar-refractivity contribution in [3.8, 4) is 0 Å². The molecular weight excluding hydrogens is 262 g/mol. The lowest BCUT2D eigenvalue weighted by molar-refractivity contribution is 0.535. The van der Waals surface area contributed by atoms with Crippen LogP contribution in [0.1, 0.15) is 39.8 Å². The number of rotatable bonds is 3. The van der Waals surface area contributed by atoms with E-state index in [1.54, 1.807) is 10.6 Å². The molecule has 112 valence electrons. The van der Waals surface area contributed by atoms with E-state index in [1.165, 1.54) is 16.7 Å². The molecule has 0 spiro atoms. The molecule has 0 aliphatic carbocycles. The summed E-state index contributed by atoms with van der Waals surface area (Å²) < 4.78 is 1.65. The second-order valence-electron chi connectivity index (χ2n) is 5.81. The average molecular weight is 285 g/mol. The first-order chi connectivity index (χ1) is 9.79. The first-order valence-corrected chi connectivity index (χ1v) is 7.18. The van der Waals surface area contributed by atoms with Gasteiger partial charge in [0.1, 0.15) is 5.82 Å². The Bertz CT molecular complexity index is 708.